The third-order valence-corrected chi connectivity index (χ3v) is 0. The monoisotopic (exact) mass is 176 g/mol. The quantitative estimate of drug-likeness (QED) is 0.254. The molecule has 0 rings (SSSR count). The third kappa shape index (κ3) is 699. The first-order chi connectivity index (χ1) is 2.00. The topological polar surface area (TPSA) is 172 Å². The van der Waals surface area contributed by atoms with E-state index in [1.165, 1.54) is 0 Å². The maximum Gasteiger partial charge on any atom is 2.00 e. The molecule has 0 aliphatic carbocycles. The maximum absolute atomic E-state index is 8.88. The van der Waals surface area contributed by atoms with Gasteiger partial charge in [-0.3, -0.25) is 0 Å². The zero-order chi connectivity index (χ0) is 4.50. The largest absolute Gasteiger partial charge is 2.00 e. The zero-order valence-electron chi connectivity index (χ0n) is 4.40. The van der Waals surface area contributed by atoms with E-state index in [1.54, 1.807) is 0 Å². The Morgan fingerprint density at radius 3 is 0.889 bits per heavy atom. The van der Waals surface area contributed by atoms with E-state index >= 15 is 0 Å². The summed E-state index contributed by atoms with van der Waals surface area (Å²) in [6.45, 7) is 0. The summed E-state index contributed by atoms with van der Waals surface area (Å²) in [6, 6.07) is 0. The van der Waals surface area contributed by atoms with Crippen molar-refractivity contribution in [2.45, 2.75) is 0 Å². The Morgan fingerprint density at radius 2 is 0.889 bits per heavy atom. The summed E-state index contributed by atoms with van der Waals surface area (Å²) in [4.78, 5) is 21.6. The van der Waals surface area contributed by atoms with Gasteiger partial charge in [0, 0.05) is 0 Å². The van der Waals surface area contributed by atoms with Crippen molar-refractivity contribution in [3.05, 3.63) is 0 Å². The Labute approximate surface area is 67.0 Å². The predicted molar refractivity (Wildman–Crippen MR) is 30.9 cm³/mol. The molecule has 0 saturated carbocycles. The fraction of sp³-hybridized carbons (Fsp3) is 0. The molecule has 0 aromatic heterocycles. The fourth-order valence-electron chi connectivity index (χ4n) is 0. The van der Waals surface area contributed by atoms with E-state index in [0.29, 0.717) is 0 Å². The van der Waals surface area contributed by atoms with Crippen molar-refractivity contribution in [3.63, 3.8) is 0 Å². The molecule has 9 N–H and O–H groups in total. The molecule has 0 aromatic carbocycles. The molecule has 9 heavy (non-hydrogen) atoms. The number of hydrogen-bond donors (Lipinski definition) is 3. The van der Waals surface area contributed by atoms with Crippen LogP contribution in [0.2, 0.25) is 0 Å². The van der Waals surface area contributed by atoms with E-state index in [9.17, 15) is 0 Å². The molecule has 0 saturated heterocycles. The summed E-state index contributed by atoms with van der Waals surface area (Å²) in [5.41, 5.74) is 0. The minimum Gasteiger partial charge on any atom is -0.412 e. The van der Waals surface area contributed by atoms with Crippen LogP contribution in [0.15, 0.2) is 0 Å². The molecular weight excluding hydrogens is 167 g/mol. The second-order valence-electron chi connectivity index (χ2n) is 0.513. The average Bonchev–Trinajstić information content (AvgIpc) is 0.722. The Morgan fingerprint density at radius 1 is 0.889 bits per heavy atom. The molecule has 0 amide bonds. The van der Waals surface area contributed by atoms with Crippen LogP contribution < -0.4 is 0 Å². The van der Waals surface area contributed by atoms with Crippen LogP contribution in [0.3, 0.4) is 0 Å². The Bertz CT molecular complexity index is 55.1. The number of rotatable bonds is 0. The van der Waals surface area contributed by atoms with E-state index in [2.05, 4.69) is 0 Å². The number of phosphoric acid groups is 1. The molecule has 0 radical (unpaired) electrons. The Hall–Kier alpha value is 0.756. The normalized spacial score (nSPS) is 6.56. The minimum absolute atomic E-state index is 0. The van der Waals surface area contributed by atoms with Crippen molar-refractivity contribution >= 4 is 30.9 Å². The SMILES string of the molecule is O.O.O.O=P(O)(O)O.[Mg+2]. The molecule has 0 atom stereocenters. The molecule has 0 heterocycles. The van der Waals surface area contributed by atoms with Gasteiger partial charge in [-0.05, 0) is 0 Å². The molecule has 9 heteroatoms. The van der Waals surface area contributed by atoms with Gasteiger partial charge in [-0.25, -0.2) is 4.57 Å². The summed E-state index contributed by atoms with van der Waals surface area (Å²) in [7, 11) is -4.64. The van der Waals surface area contributed by atoms with Crippen molar-refractivity contribution in [1.29, 1.82) is 0 Å². The van der Waals surface area contributed by atoms with Crippen LogP contribution in [-0.4, -0.2) is 54.2 Å². The first kappa shape index (κ1) is 33.1. The van der Waals surface area contributed by atoms with Gasteiger partial charge < -0.3 is 31.1 Å². The van der Waals surface area contributed by atoms with Crippen molar-refractivity contribution in [3.8, 4) is 0 Å². The van der Waals surface area contributed by atoms with Crippen LogP contribution in [0.5, 0.6) is 0 Å². The second kappa shape index (κ2) is 11.5. The summed E-state index contributed by atoms with van der Waals surface area (Å²) in [5, 5.41) is 0. The Balaban J connectivity index is -0.0000000133. The predicted octanol–water partition coefficient (Wildman–Crippen LogP) is -3.78. The van der Waals surface area contributed by atoms with E-state index < -0.39 is 7.82 Å². The molecule has 0 unspecified atom stereocenters. The molecular formula is H9MgO7P+2. The van der Waals surface area contributed by atoms with Crippen LogP contribution >= 0.6 is 7.82 Å². The van der Waals surface area contributed by atoms with Gasteiger partial charge in [0.25, 0.3) is 0 Å². The molecule has 0 fully saturated rings. The van der Waals surface area contributed by atoms with Crippen LogP contribution in [0, 0.1) is 0 Å². The van der Waals surface area contributed by atoms with E-state index in [-0.39, 0.29) is 39.5 Å². The molecule has 0 aliphatic rings. The standard InChI is InChI=1S/Mg.H3O4P.3H2O/c;1-5(2,3)4;;;/h;(H3,1,2,3,4);3*1H2/q+2;;;;. The Kier molecular flexibility index (Phi) is 42.4. The first-order valence-corrected chi connectivity index (χ1v) is 2.35. The van der Waals surface area contributed by atoms with E-state index in [0.717, 1.165) is 0 Å². The maximum atomic E-state index is 8.88. The van der Waals surface area contributed by atoms with Crippen molar-refractivity contribution in [2.24, 2.45) is 0 Å². The van der Waals surface area contributed by atoms with Crippen LogP contribution in [0.4, 0.5) is 0 Å². The smallest absolute Gasteiger partial charge is 0.412 e. The third-order valence-electron chi connectivity index (χ3n) is 0. The van der Waals surface area contributed by atoms with Gasteiger partial charge in [0.05, 0.1) is 0 Å². The van der Waals surface area contributed by atoms with Crippen LogP contribution in [0.1, 0.15) is 0 Å². The van der Waals surface area contributed by atoms with Crippen molar-refractivity contribution in [1.82, 2.24) is 0 Å². The summed E-state index contributed by atoms with van der Waals surface area (Å²) < 4.78 is 8.88. The van der Waals surface area contributed by atoms with Gasteiger partial charge in [-0.1, -0.05) is 0 Å². The van der Waals surface area contributed by atoms with Crippen molar-refractivity contribution in [2.75, 3.05) is 0 Å². The first-order valence-electron chi connectivity index (χ1n) is 0.783. The van der Waals surface area contributed by atoms with Gasteiger partial charge >= 0.3 is 30.9 Å². The summed E-state index contributed by atoms with van der Waals surface area (Å²) >= 11 is 0. The molecule has 7 nitrogen and oxygen atoms in total. The van der Waals surface area contributed by atoms with E-state index in [1.807, 2.05) is 0 Å². The van der Waals surface area contributed by atoms with Gasteiger partial charge in [0.1, 0.15) is 0 Å². The van der Waals surface area contributed by atoms with Gasteiger partial charge in [-0.15, -0.1) is 0 Å². The molecule has 0 aromatic rings. The summed E-state index contributed by atoms with van der Waals surface area (Å²) in [5.74, 6) is 0. The van der Waals surface area contributed by atoms with Gasteiger partial charge in [0.15, 0.2) is 0 Å². The molecule has 0 bridgehead atoms. The van der Waals surface area contributed by atoms with Crippen molar-refractivity contribution < 1.29 is 35.7 Å². The van der Waals surface area contributed by atoms with Crippen LogP contribution in [-0.2, 0) is 4.57 Å². The zero-order valence-corrected chi connectivity index (χ0v) is 6.71. The van der Waals surface area contributed by atoms with Crippen LogP contribution in [0.25, 0.3) is 0 Å². The average molecular weight is 176 g/mol. The minimum atomic E-state index is -4.64. The van der Waals surface area contributed by atoms with Gasteiger partial charge in [0.2, 0.25) is 0 Å². The number of hydrogen-bond acceptors (Lipinski definition) is 1. The molecule has 56 valence electrons. The molecule has 0 spiro atoms. The second-order valence-corrected chi connectivity index (χ2v) is 1.54. The van der Waals surface area contributed by atoms with Gasteiger partial charge in [-0.2, -0.15) is 0 Å². The summed E-state index contributed by atoms with van der Waals surface area (Å²) in [6.07, 6.45) is 0. The molecule has 0 aliphatic heterocycles. The fourth-order valence-corrected chi connectivity index (χ4v) is 0. The van der Waals surface area contributed by atoms with E-state index in [4.69, 9.17) is 19.2 Å².